The minimum Gasteiger partial charge on any atom is -0.488 e. The van der Waals surface area contributed by atoms with Crippen molar-refractivity contribution < 1.29 is 27.1 Å². The number of benzene rings is 3. The van der Waals surface area contributed by atoms with Gasteiger partial charge in [-0.05, 0) is 75.6 Å². The molecule has 4 rings (SSSR count). The van der Waals surface area contributed by atoms with E-state index in [-0.39, 0.29) is 27.3 Å². The molecule has 174 valence electrons. The van der Waals surface area contributed by atoms with Crippen LogP contribution in [0.5, 0.6) is 5.75 Å². The van der Waals surface area contributed by atoms with Crippen molar-refractivity contribution in [1.82, 2.24) is 0 Å². The molecule has 0 N–H and O–H groups in total. The van der Waals surface area contributed by atoms with Crippen LogP contribution in [-0.4, -0.2) is 10.2 Å². The van der Waals surface area contributed by atoms with Crippen LogP contribution in [0.25, 0.3) is 6.08 Å². The molecule has 0 radical (unpaired) electrons. The third kappa shape index (κ3) is 5.51. The van der Waals surface area contributed by atoms with Crippen LogP contribution in [-0.2, 0) is 17.6 Å². The molecule has 0 atom stereocenters. The molecule has 34 heavy (non-hydrogen) atoms. The molecule has 0 aliphatic carbocycles. The van der Waals surface area contributed by atoms with Crippen molar-refractivity contribution in [2.75, 3.05) is 4.90 Å². The zero-order valence-corrected chi connectivity index (χ0v) is 20.3. The van der Waals surface area contributed by atoms with E-state index in [1.807, 2.05) is 0 Å². The quantitative estimate of drug-likeness (QED) is 0.180. The van der Waals surface area contributed by atoms with Crippen LogP contribution in [0.2, 0.25) is 0 Å². The highest BCUT2D eigenvalue weighted by molar-refractivity contribution is 9.10. The zero-order valence-electron chi connectivity index (χ0n) is 17.1. The summed E-state index contributed by atoms with van der Waals surface area (Å²) in [7, 11) is 0. The standard InChI is InChI=1S/C24H14BrF4NO2S2/c25-19-10-15(6-9-20(19)32-13-14-4-7-17(26)8-5-14)11-21-22(31)30(23(33)34-21)18-3-1-2-16(12-18)24(27,28)29/h1-12H,13H2/b21-11+. The van der Waals surface area contributed by atoms with Crippen LogP contribution in [0.15, 0.2) is 76.1 Å². The first kappa shape index (κ1) is 24.4. The molecule has 1 aliphatic rings. The van der Waals surface area contributed by atoms with Crippen LogP contribution in [0.1, 0.15) is 16.7 Å². The molecular formula is C24H14BrF4NO2S2. The Morgan fingerprint density at radius 3 is 2.47 bits per heavy atom. The number of alkyl halides is 3. The summed E-state index contributed by atoms with van der Waals surface area (Å²) < 4.78 is 58.8. The van der Waals surface area contributed by atoms with Gasteiger partial charge >= 0.3 is 6.18 Å². The molecule has 0 aromatic heterocycles. The van der Waals surface area contributed by atoms with Gasteiger partial charge in [0.15, 0.2) is 4.32 Å². The van der Waals surface area contributed by atoms with Crippen LogP contribution in [0, 0.1) is 5.82 Å². The normalized spacial score (nSPS) is 15.3. The second-order valence-electron chi connectivity index (χ2n) is 7.17. The second-order valence-corrected chi connectivity index (χ2v) is 9.70. The Morgan fingerprint density at radius 2 is 1.79 bits per heavy atom. The van der Waals surface area contributed by atoms with E-state index >= 15 is 0 Å². The van der Waals surface area contributed by atoms with Crippen molar-refractivity contribution in [2.45, 2.75) is 12.8 Å². The molecule has 0 bridgehead atoms. The molecule has 0 saturated carbocycles. The number of thiocarbonyl (C=S) groups is 1. The zero-order chi connectivity index (χ0) is 24.5. The van der Waals surface area contributed by atoms with Crippen LogP contribution in [0.4, 0.5) is 23.2 Å². The van der Waals surface area contributed by atoms with Crippen LogP contribution in [0.3, 0.4) is 0 Å². The van der Waals surface area contributed by atoms with E-state index in [1.54, 1.807) is 36.4 Å². The Labute approximate surface area is 210 Å². The molecule has 0 unspecified atom stereocenters. The third-order valence-corrected chi connectivity index (χ3v) is 6.71. The molecule has 1 amide bonds. The number of carbonyl (C=O) groups is 1. The molecule has 1 fully saturated rings. The highest BCUT2D eigenvalue weighted by atomic mass is 79.9. The predicted molar refractivity (Wildman–Crippen MR) is 132 cm³/mol. The van der Waals surface area contributed by atoms with Gasteiger partial charge in [-0.15, -0.1) is 0 Å². The first-order valence-corrected chi connectivity index (χ1v) is 11.8. The SMILES string of the molecule is O=C1/C(=C\c2ccc(OCc3ccc(F)cc3)c(Br)c2)SC(=S)N1c1cccc(C(F)(F)F)c1. The highest BCUT2D eigenvalue weighted by Gasteiger charge is 2.36. The van der Waals surface area contributed by atoms with Crippen LogP contribution < -0.4 is 9.64 Å². The first-order chi connectivity index (χ1) is 16.1. The lowest BCUT2D eigenvalue weighted by molar-refractivity contribution is -0.137. The summed E-state index contributed by atoms with van der Waals surface area (Å²) >= 11 is 9.71. The van der Waals surface area contributed by atoms with E-state index in [0.29, 0.717) is 15.8 Å². The van der Waals surface area contributed by atoms with E-state index in [0.717, 1.165) is 34.4 Å². The Morgan fingerprint density at radius 1 is 1.06 bits per heavy atom. The van der Waals surface area contributed by atoms with Crippen molar-refractivity contribution in [2.24, 2.45) is 0 Å². The Balaban J connectivity index is 1.51. The maximum Gasteiger partial charge on any atom is 0.416 e. The summed E-state index contributed by atoms with van der Waals surface area (Å²) in [6, 6.07) is 15.7. The summed E-state index contributed by atoms with van der Waals surface area (Å²) in [6.45, 7) is 0.244. The number of thioether (sulfide) groups is 1. The summed E-state index contributed by atoms with van der Waals surface area (Å²) in [4.78, 5) is 14.3. The van der Waals surface area contributed by atoms with Crippen molar-refractivity contribution in [3.8, 4) is 5.75 Å². The molecule has 3 aromatic rings. The fourth-order valence-corrected chi connectivity index (χ4v) is 4.94. The topological polar surface area (TPSA) is 29.5 Å². The molecule has 1 heterocycles. The molecule has 1 aliphatic heterocycles. The lowest BCUT2D eigenvalue weighted by atomic mass is 10.1. The summed E-state index contributed by atoms with van der Waals surface area (Å²) in [6.07, 6.45) is -2.92. The molecule has 3 aromatic carbocycles. The Bertz CT molecular complexity index is 1290. The number of amides is 1. The van der Waals surface area contributed by atoms with E-state index in [9.17, 15) is 22.4 Å². The smallest absolute Gasteiger partial charge is 0.416 e. The summed E-state index contributed by atoms with van der Waals surface area (Å²) in [5.41, 5.74) is 0.677. The number of carbonyl (C=O) groups excluding carboxylic acids is 1. The fourth-order valence-electron chi connectivity index (χ4n) is 3.13. The van der Waals surface area contributed by atoms with E-state index in [2.05, 4.69) is 15.9 Å². The second kappa shape index (κ2) is 9.89. The minimum atomic E-state index is -4.53. The van der Waals surface area contributed by atoms with E-state index < -0.39 is 17.6 Å². The van der Waals surface area contributed by atoms with Crippen molar-refractivity contribution in [3.05, 3.63) is 98.6 Å². The number of halogens is 5. The van der Waals surface area contributed by atoms with Gasteiger partial charge in [-0.3, -0.25) is 9.69 Å². The number of ether oxygens (including phenoxy) is 1. The van der Waals surface area contributed by atoms with Crippen LogP contribution >= 0.6 is 39.9 Å². The Kier molecular flexibility index (Phi) is 7.11. The van der Waals surface area contributed by atoms with Gasteiger partial charge in [0.05, 0.1) is 20.6 Å². The number of hydrogen-bond acceptors (Lipinski definition) is 4. The van der Waals surface area contributed by atoms with E-state index in [4.69, 9.17) is 17.0 Å². The number of anilines is 1. The maximum atomic E-state index is 13.1. The number of rotatable bonds is 5. The van der Waals surface area contributed by atoms with Gasteiger partial charge < -0.3 is 4.74 Å². The fraction of sp³-hybridized carbons (Fsp3) is 0.0833. The third-order valence-electron chi connectivity index (χ3n) is 4.79. The first-order valence-electron chi connectivity index (χ1n) is 9.74. The monoisotopic (exact) mass is 567 g/mol. The number of hydrogen-bond donors (Lipinski definition) is 0. The molecule has 1 saturated heterocycles. The number of nitrogens with zero attached hydrogens (tertiary/aromatic N) is 1. The summed E-state index contributed by atoms with van der Waals surface area (Å²) in [5.74, 6) is -0.271. The van der Waals surface area contributed by atoms with Gasteiger partial charge in [0.25, 0.3) is 5.91 Å². The average molecular weight is 568 g/mol. The Hall–Kier alpha value is -2.69. The predicted octanol–water partition coefficient (Wildman–Crippen LogP) is 7.59. The molecule has 3 nitrogen and oxygen atoms in total. The van der Waals surface area contributed by atoms with Gasteiger partial charge in [0, 0.05) is 0 Å². The minimum absolute atomic E-state index is 0.0615. The van der Waals surface area contributed by atoms with Gasteiger partial charge in [-0.25, -0.2) is 4.39 Å². The van der Waals surface area contributed by atoms with Gasteiger partial charge in [-0.1, -0.05) is 48.2 Å². The van der Waals surface area contributed by atoms with E-state index in [1.165, 1.54) is 24.3 Å². The van der Waals surface area contributed by atoms with Gasteiger partial charge in [-0.2, -0.15) is 13.2 Å². The molecule has 10 heteroatoms. The maximum absolute atomic E-state index is 13.1. The van der Waals surface area contributed by atoms with Crippen molar-refractivity contribution >= 4 is 61.9 Å². The van der Waals surface area contributed by atoms with Crippen molar-refractivity contribution in [1.29, 1.82) is 0 Å². The highest BCUT2D eigenvalue weighted by Crippen LogP contribution is 2.39. The summed E-state index contributed by atoms with van der Waals surface area (Å²) in [5, 5.41) is 0. The molecule has 0 spiro atoms. The lowest BCUT2D eigenvalue weighted by Gasteiger charge is -2.16. The van der Waals surface area contributed by atoms with Crippen molar-refractivity contribution in [3.63, 3.8) is 0 Å². The molecular weight excluding hydrogens is 554 g/mol. The van der Waals surface area contributed by atoms with Gasteiger partial charge in [0.2, 0.25) is 0 Å². The largest absolute Gasteiger partial charge is 0.488 e. The average Bonchev–Trinajstić information content (AvgIpc) is 3.06. The van der Waals surface area contributed by atoms with Gasteiger partial charge in [0.1, 0.15) is 18.2 Å². The lowest BCUT2D eigenvalue weighted by Crippen LogP contribution is -2.27.